The molecule has 1 unspecified atom stereocenters. The Labute approximate surface area is 203 Å². The minimum atomic E-state index is -4.95. The molecule has 0 saturated carbocycles. The molecule has 11 nitrogen and oxygen atoms in total. The Morgan fingerprint density at radius 1 is 1.26 bits per heavy atom. The van der Waals surface area contributed by atoms with Crippen LogP contribution in [-0.2, 0) is 11.3 Å². The van der Waals surface area contributed by atoms with E-state index < -0.39 is 30.1 Å². The number of amides is 3. The molecule has 186 valence electrons. The first-order valence-electron chi connectivity index (χ1n) is 10.1. The molecule has 3 heterocycles. The van der Waals surface area contributed by atoms with Crippen LogP contribution in [0.5, 0.6) is 0 Å². The second-order valence-electron chi connectivity index (χ2n) is 7.29. The Bertz CT molecular complexity index is 1070. The lowest BCUT2D eigenvalue weighted by molar-refractivity contribution is -0.242. The van der Waals surface area contributed by atoms with E-state index in [0.717, 1.165) is 11.3 Å². The van der Waals surface area contributed by atoms with Crippen LogP contribution < -0.4 is 26.0 Å². The van der Waals surface area contributed by atoms with Gasteiger partial charge in [0.1, 0.15) is 16.8 Å². The highest BCUT2D eigenvalue weighted by Gasteiger charge is 2.40. The normalized spacial score (nSPS) is 16.6. The summed E-state index contributed by atoms with van der Waals surface area (Å²) in [5, 5.41) is 21.9. The molecule has 0 aliphatic carbocycles. The van der Waals surface area contributed by atoms with Gasteiger partial charge >= 0.3 is 12.1 Å². The first-order chi connectivity index (χ1) is 16.0. The third-order valence-electron chi connectivity index (χ3n) is 5.01. The van der Waals surface area contributed by atoms with E-state index in [4.69, 9.17) is 0 Å². The molecule has 1 saturated heterocycles. The van der Waals surface area contributed by atoms with Gasteiger partial charge in [0, 0.05) is 25.7 Å². The lowest BCUT2D eigenvalue weighted by Gasteiger charge is -2.25. The summed E-state index contributed by atoms with van der Waals surface area (Å²) < 4.78 is 39.7. The SMILES string of the molecule is CCn1ncc(NC(=O)c2nc(Br)sc2NC(=O)[O-])c1N1CCCC(NC(=O)C(F)(F)F)CC1. The molecule has 1 fully saturated rings. The van der Waals surface area contributed by atoms with Crippen LogP contribution in [0.15, 0.2) is 10.1 Å². The van der Waals surface area contributed by atoms with Crippen molar-refractivity contribution in [2.75, 3.05) is 28.6 Å². The Kier molecular flexibility index (Phi) is 8.01. The predicted octanol–water partition coefficient (Wildman–Crippen LogP) is 2.17. The van der Waals surface area contributed by atoms with Gasteiger partial charge in [-0.25, -0.2) is 9.67 Å². The van der Waals surface area contributed by atoms with Crippen molar-refractivity contribution in [1.29, 1.82) is 0 Å². The number of carbonyl (C=O) groups excluding carboxylic acids is 3. The molecule has 1 atom stereocenters. The molecular weight excluding hydrogens is 547 g/mol. The summed E-state index contributed by atoms with van der Waals surface area (Å²) in [6, 6.07) is -0.638. The third-order valence-corrected chi connectivity index (χ3v) is 6.43. The number of thiazole rings is 1. The van der Waals surface area contributed by atoms with E-state index in [0.29, 0.717) is 44.0 Å². The summed E-state index contributed by atoms with van der Waals surface area (Å²) in [5.41, 5.74) is 0.162. The Hall–Kier alpha value is -2.88. The first-order valence-corrected chi connectivity index (χ1v) is 11.7. The lowest BCUT2D eigenvalue weighted by Crippen LogP contribution is -2.43. The third kappa shape index (κ3) is 6.16. The fourth-order valence-corrected chi connectivity index (χ4v) is 4.90. The molecule has 1 aliphatic rings. The predicted molar refractivity (Wildman–Crippen MR) is 119 cm³/mol. The van der Waals surface area contributed by atoms with Crippen LogP contribution in [0.4, 0.5) is 34.5 Å². The Balaban J connectivity index is 1.77. The molecule has 16 heteroatoms. The molecule has 0 bridgehead atoms. The van der Waals surface area contributed by atoms with Crippen LogP contribution in [0.25, 0.3) is 0 Å². The number of alkyl halides is 3. The number of nitrogens with zero attached hydrogens (tertiary/aromatic N) is 4. The van der Waals surface area contributed by atoms with E-state index in [9.17, 15) is 32.7 Å². The molecule has 2 aromatic rings. The van der Waals surface area contributed by atoms with E-state index in [1.807, 2.05) is 22.5 Å². The van der Waals surface area contributed by atoms with Crippen LogP contribution >= 0.6 is 27.3 Å². The van der Waals surface area contributed by atoms with Crippen LogP contribution in [0.1, 0.15) is 36.7 Å². The Morgan fingerprint density at radius 2 is 2.00 bits per heavy atom. The maximum absolute atomic E-state index is 12.8. The van der Waals surface area contributed by atoms with E-state index in [-0.39, 0.29) is 21.0 Å². The number of nitrogens with one attached hydrogen (secondary N) is 3. The zero-order valence-electron chi connectivity index (χ0n) is 17.7. The van der Waals surface area contributed by atoms with Crippen LogP contribution in [0, 0.1) is 0 Å². The second kappa shape index (κ2) is 10.6. The van der Waals surface area contributed by atoms with Gasteiger partial charge in [0.2, 0.25) is 0 Å². The summed E-state index contributed by atoms with van der Waals surface area (Å²) in [6.07, 6.45) is -3.98. The number of carboxylic acid groups (broad SMARTS) is 1. The van der Waals surface area contributed by atoms with Crippen molar-refractivity contribution < 1.29 is 32.7 Å². The van der Waals surface area contributed by atoms with Crippen LogP contribution in [0.2, 0.25) is 0 Å². The molecule has 3 rings (SSSR count). The van der Waals surface area contributed by atoms with Gasteiger partial charge < -0.3 is 30.8 Å². The largest absolute Gasteiger partial charge is 0.530 e. The zero-order chi connectivity index (χ0) is 25.0. The number of aryl methyl sites for hydroxylation is 1. The van der Waals surface area contributed by atoms with Gasteiger partial charge in [-0.2, -0.15) is 18.3 Å². The average molecular weight is 567 g/mol. The lowest BCUT2D eigenvalue weighted by atomic mass is 10.1. The number of aromatic nitrogens is 3. The first kappa shape index (κ1) is 25.7. The van der Waals surface area contributed by atoms with E-state index in [1.165, 1.54) is 6.20 Å². The maximum atomic E-state index is 12.8. The van der Waals surface area contributed by atoms with Gasteiger partial charge in [0.25, 0.3) is 5.91 Å². The maximum Gasteiger partial charge on any atom is 0.471 e. The fourth-order valence-electron chi connectivity index (χ4n) is 3.56. The van der Waals surface area contributed by atoms with Crippen molar-refractivity contribution in [2.45, 2.75) is 44.9 Å². The number of rotatable bonds is 6. The van der Waals surface area contributed by atoms with Crippen molar-refractivity contribution in [3.63, 3.8) is 0 Å². The minimum absolute atomic E-state index is 0.0215. The quantitative estimate of drug-likeness (QED) is 0.486. The van der Waals surface area contributed by atoms with Gasteiger partial charge in [-0.15, -0.1) is 0 Å². The summed E-state index contributed by atoms with van der Waals surface area (Å²) in [7, 11) is 0. The average Bonchev–Trinajstić information content (AvgIpc) is 3.22. The van der Waals surface area contributed by atoms with Crippen LogP contribution in [0.3, 0.4) is 0 Å². The summed E-state index contributed by atoms with van der Waals surface area (Å²) in [5.74, 6) is -2.11. The monoisotopic (exact) mass is 566 g/mol. The highest BCUT2D eigenvalue weighted by atomic mass is 79.9. The summed E-state index contributed by atoms with van der Waals surface area (Å²) in [4.78, 5) is 40.9. The topological polar surface area (TPSA) is 144 Å². The molecule has 34 heavy (non-hydrogen) atoms. The highest BCUT2D eigenvalue weighted by Crippen LogP contribution is 2.32. The molecule has 3 amide bonds. The standard InChI is InChI=1S/C18H21BrF3N7O4S/c1-2-29-14(28-6-3-4-9(5-7-28)24-15(31)18(20,21)22)10(8-23-29)25-12(30)11-13(27-17(32)33)34-16(19)26-11/h8-9,27H,2-7H2,1H3,(H,24,31)(H,25,30)(H,32,33)/p-1. The molecule has 2 aromatic heterocycles. The number of halogens is 4. The van der Waals surface area contributed by atoms with Gasteiger partial charge in [-0.1, -0.05) is 11.3 Å². The van der Waals surface area contributed by atoms with Gasteiger partial charge in [-0.05, 0) is 42.1 Å². The van der Waals surface area contributed by atoms with Crippen molar-refractivity contribution in [3.05, 3.63) is 15.8 Å². The van der Waals surface area contributed by atoms with Gasteiger partial charge in [-0.3, -0.25) is 9.59 Å². The van der Waals surface area contributed by atoms with E-state index >= 15 is 0 Å². The van der Waals surface area contributed by atoms with Crippen molar-refractivity contribution in [1.82, 2.24) is 20.1 Å². The number of carbonyl (C=O) groups is 3. The highest BCUT2D eigenvalue weighted by molar-refractivity contribution is 9.11. The van der Waals surface area contributed by atoms with Gasteiger partial charge in [0.05, 0.1) is 6.20 Å². The van der Waals surface area contributed by atoms with Crippen molar-refractivity contribution in [2.24, 2.45) is 0 Å². The van der Waals surface area contributed by atoms with E-state index in [2.05, 4.69) is 31.3 Å². The second-order valence-corrected chi connectivity index (χ2v) is 9.57. The molecule has 0 spiro atoms. The smallest absolute Gasteiger partial charge is 0.471 e. The number of hydrogen-bond donors (Lipinski definition) is 3. The zero-order valence-corrected chi connectivity index (χ0v) is 20.1. The van der Waals surface area contributed by atoms with Crippen molar-refractivity contribution in [3.8, 4) is 0 Å². The number of hydrogen-bond acceptors (Lipinski definition) is 8. The minimum Gasteiger partial charge on any atom is -0.530 e. The van der Waals surface area contributed by atoms with Gasteiger partial charge in [0.15, 0.2) is 15.4 Å². The number of anilines is 3. The molecule has 0 aromatic carbocycles. The van der Waals surface area contributed by atoms with Crippen molar-refractivity contribution >= 4 is 61.7 Å². The van der Waals surface area contributed by atoms with E-state index in [1.54, 1.807) is 4.68 Å². The summed E-state index contributed by atoms with van der Waals surface area (Å²) >= 11 is 4.01. The Morgan fingerprint density at radius 3 is 2.65 bits per heavy atom. The molecule has 0 radical (unpaired) electrons. The van der Waals surface area contributed by atoms with Crippen LogP contribution in [-0.4, -0.2) is 58.0 Å². The fraction of sp³-hybridized carbons (Fsp3) is 0.500. The molecular formula is C18H20BrF3N7O4S-. The molecule has 3 N–H and O–H groups in total. The summed E-state index contributed by atoms with van der Waals surface area (Å²) in [6.45, 7) is 3.07. The molecule has 1 aliphatic heterocycles.